The molecule has 1 unspecified atom stereocenters. The van der Waals surface area contributed by atoms with Crippen LogP contribution in [0.1, 0.15) is 12.5 Å². The Balaban J connectivity index is 2.58. The quantitative estimate of drug-likeness (QED) is 0.785. The minimum Gasteiger partial charge on any atom is -0.496 e. The number of methoxy groups -OCH3 is 3. The Morgan fingerprint density at radius 2 is 1.89 bits per heavy atom. The van der Waals surface area contributed by atoms with Crippen molar-refractivity contribution in [3.63, 3.8) is 0 Å². The van der Waals surface area contributed by atoms with Crippen LogP contribution in [0.15, 0.2) is 22.7 Å². The molecule has 0 amide bonds. The third-order valence-corrected chi connectivity index (χ3v) is 3.37. The second kappa shape index (κ2) is 7.74. The second-order valence-corrected chi connectivity index (χ2v) is 4.83. The third-order valence-electron chi connectivity index (χ3n) is 2.72. The van der Waals surface area contributed by atoms with E-state index in [2.05, 4.69) is 21.2 Å². The molecule has 0 saturated heterocycles. The van der Waals surface area contributed by atoms with Crippen LogP contribution in [0.25, 0.3) is 0 Å². The molecule has 0 aliphatic rings. The number of nitrogens with one attached hydrogen (secondary N) is 1. The first-order valence-corrected chi connectivity index (χ1v) is 6.53. The first kappa shape index (κ1) is 15.4. The van der Waals surface area contributed by atoms with Crippen molar-refractivity contribution in [3.8, 4) is 5.75 Å². The smallest absolute Gasteiger partial charge is 0.171 e. The first-order valence-electron chi connectivity index (χ1n) is 5.73. The Morgan fingerprint density at radius 3 is 2.44 bits per heavy atom. The summed E-state index contributed by atoms with van der Waals surface area (Å²) < 4.78 is 16.6. The Hall–Kier alpha value is -0.620. The minimum absolute atomic E-state index is 0.106. The van der Waals surface area contributed by atoms with Crippen LogP contribution in [0.3, 0.4) is 0 Å². The van der Waals surface area contributed by atoms with Gasteiger partial charge >= 0.3 is 0 Å². The Bertz CT molecular complexity index is 369. The van der Waals surface area contributed by atoms with Gasteiger partial charge in [0.15, 0.2) is 6.29 Å². The van der Waals surface area contributed by atoms with Crippen molar-refractivity contribution < 1.29 is 14.2 Å². The summed E-state index contributed by atoms with van der Waals surface area (Å²) in [5.74, 6) is 0.831. The molecule has 1 aromatic carbocycles. The molecule has 1 N–H and O–H groups in total. The summed E-state index contributed by atoms with van der Waals surface area (Å²) in [7, 11) is 4.93. The molecular formula is C13H20BrNO3. The van der Waals surface area contributed by atoms with E-state index in [4.69, 9.17) is 14.2 Å². The average Bonchev–Trinajstić information content (AvgIpc) is 2.39. The van der Waals surface area contributed by atoms with Crippen LogP contribution in [0.4, 0.5) is 0 Å². The van der Waals surface area contributed by atoms with Gasteiger partial charge in [0, 0.05) is 20.8 Å². The molecule has 4 nitrogen and oxygen atoms in total. The number of ether oxygens (including phenoxy) is 3. The van der Waals surface area contributed by atoms with Gasteiger partial charge in [-0.25, -0.2) is 0 Å². The van der Waals surface area contributed by atoms with E-state index < -0.39 is 0 Å². The average molecular weight is 318 g/mol. The van der Waals surface area contributed by atoms with Crippen LogP contribution >= 0.6 is 15.9 Å². The highest BCUT2D eigenvalue weighted by Crippen LogP contribution is 2.25. The lowest BCUT2D eigenvalue weighted by Gasteiger charge is -2.22. The molecule has 18 heavy (non-hydrogen) atoms. The summed E-state index contributed by atoms with van der Waals surface area (Å²) in [5.41, 5.74) is 1.15. The predicted molar refractivity (Wildman–Crippen MR) is 74.8 cm³/mol. The monoisotopic (exact) mass is 317 g/mol. The molecule has 0 bridgehead atoms. The molecule has 102 valence electrons. The van der Waals surface area contributed by atoms with E-state index in [0.29, 0.717) is 0 Å². The van der Waals surface area contributed by atoms with Crippen LogP contribution in [0.2, 0.25) is 0 Å². The minimum atomic E-state index is -0.248. The van der Waals surface area contributed by atoms with Gasteiger partial charge in [0.25, 0.3) is 0 Å². The van der Waals surface area contributed by atoms with Crippen molar-refractivity contribution in [2.24, 2.45) is 0 Å². The number of hydrogen-bond donors (Lipinski definition) is 1. The summed E-state index contributed by atoms with van der Waals surface area (Å²) in [4.78, 5) is 0. The van der Waals surface area contributed by atoms with E-state index in [1.54, 1.807) is 21.3 Å². The maximum atomic E-state index is 5.26. The summed E-state index contributed by atoms with van der Waals surface area (Å²) in [6, 6.07) is 6.12. The van der Waals surface area contributed by atoms with Gasteiger partial charge < -0.3 is 19.5 Å². The Labute approximate surface area is 117 Å². The maximum absolute atomic E-state index is 5.26. The lowest BCUT2D eigenvalue weighted by atomic mass is 10.2. The predicted octanol–water partition coefficient (Wildman–Crippen LogP) is 2.55. The van der Waals surface area contributed by atoms with Crippen LogP contribution in [0, 0.1) is 0 Å². The van der Waals surface area contributed by atoms with E-state index >= 15 is 0 Å². The topological polar surface area (TPSA) is 39.7 Å². The van der Waals surface area contributed by atoms with Crippen molar-refractivity contribution in [3.05, 3.63) is 28.2 Å². The van der Waals surface area contributed by atoms with Crippen LogP contribution in [-0.4, -0.2) is 33.7 Å². The fraction of sp³-hybridized carbons (Fsp3) is 0.538. The van der Waals surface area contributed by atoms with Gasteiger partial charge in [-0.05, 0) is 40.5 Å². The molecule has 0 fully saturated rings. The molecule has 1 aromatic rings. The summed E-state index contributed by atoms with van der Waals surface area (Å²) in [6.45, 7) is 2.75. The highest BCUT2D eigenvalue weighted by atomic mass is 79.9. The largest absolute Gasteiger partial charge is 0.496 e. The lowest BCUT2D eigenvalue weighted by Crippen LogP contribution is -2.39. The second-order valence-electron chi connectivity index (χ2n) is 3.98. The number of hydrogen-bond acceptors (Lipinski definition) is 4. The summed E-state index contributed by atoms with van der Waals surface area (Å²) >= 11 is 3.43. The molecular weight excluding hydrogens is 298 g/mol. The van der Waals surface area contributed by atoms with Gasteiger partial charge in [-0.15, -0.1) is 0 Å². The molecule has 0 saturated carbocycles. The normalized spacial score (nSPS) is 12.8. The van der Waals surface area contributed by atoms with Crippen LogP contribution in [0.5, 0.6) is 5.75 Å². The Morgan fingerprint density at radius 1 is 1.22 bits per heavy atom. The maximum Gasteiger partial charge on any atom is 0.171 e. The Kier molecular flexibility index (Phi) is 6.63. The number of benzene rings is 1. The molecule has 0 radical (unpaired) electrons. The molecule has 0 aliphatic heterocycles. The fourth-order valence-corrected chi connectivity index (χ4v) is 2.10. The van der Waals surface area contributed by atoms with Crippen molar-refractivity contribution >= 4 is 15.9 Å². The van der Waals surface area contributed by atoms with Crippen molar-refractivity contribution in [1.82, 2.24) is 5.32 Å². The van der Waals surface area contributed by atoms with E-state index in [9.17, 15) is 0 Å². The van der Waals surface area contributed by atoms with Gasteiger partial charge in [-0.1, -0.05) is 6.07 Å². The van der Waals surface area contributed by atoms with E-state index in [0.717, 1.165) is 22.3 Å². The molecule has 1 atom stereocenters. The standard InChI is InChI=1S/C13H20BrNO3/c1-9(13(17-3)18-4)15-8-10-5-6-11(14)12(7-10)16-2/h5-7,9,13,15H,8H2,1-4H3. The summed E-state index contributed by atoms with van der Waals surface area (Å²) in [6.07, 6.45) is -0.248. The van der Waals surface area contributed by atoms with Crippen molar-refractivity contribution in [2.75, 3.05) is 21.3 Å². The molecule has 0 aliphatic carbocycles. The molecule has 1 rings (SSSR count). The van der Waals surface area contributed by atoms with Crippen LogP contribution in [-0.2, 0) is 16.0 Å². The highest BCUT2D eigenvalue weighted by Gasteiger charge is 2.14. The zero-order valence-corrected chi connectivity index (χ0v) is 12.8. The summed E-state index contributed by atoms with van der Waals surface area (Å²) in [5, 5.41) is 3.35. The van der Waals surface area contributed by atoms with Crippen molar-refractivity contribution in [2.45, 2.75) is 25.8 Å². The molecule has 0 spiro atoms. The SMILES string of the molecule is COc1cc(CNC(C)C(OC)OC)ccc1Br. The van der Waals surface area contributed by atoms with E-state index in [1.165, 1.54) is 0 Å². The first-order chi connectivity index (χ1) is 8.62. The fourth-order valence-electron chi connectivity index (χ4n) is 1.69. The molecule has 5 heteroatoms. The lowest BCUT2D eigenvalue weighted by molar-refractivity contribution is -0.119. The molecule has 0 heterocycles. The van der Waals surface area contributed by atoms with Crippen LogP contribution < -0.4 is 10.1 Å². The number of halogens is 1. The van der Waals surface area contributed by atoms with E-state index in [1.807, 2.05) is 25.1 Å². The van der Waals surface area contributed by atoms with Gasteiger partial charge in [0.05, 0.1) is 17.6 Å². The number of rotatable bonds is 7. The highest BCUT2D eigenvalue weighted by molar-refractivity contribution is 9.10. The van der Waals surface area contributed by atoms with Gasteiger partial charge in [-0.3, -0.25) is 0 Å². The molecule has 0 aromatic heterocycles. The van der Waals surface area contributed by atoms with Crippen molar-refractivity contribution in [1.29, 1.82) is 0 Å². The zero-order chi connectivity index (χ0) is 13.5. The zero-order valence-electron chi connectivity index (χ0n) is 11.2. The third kappa shape index (κ3) is 4.24. The van der Waals surface area contributed by atoms with Gasteiger partial charge in [-0.2, -0.15) is 0 Å². The van der Waals surface area contributed by atoms with Gasteiger partial charge in [0.1, 0.15) is 5.75 Å². The van der Waals surface area contributed by atoms with Gasteiger partial charge in [0.2, 0.25) is 0 Å². The van der Waals surface area contributed by atoms with E-state index in [-0.39, 0.29) is 12.3 Å².